The van der Waals surface area contributed by atoms with Crippen LogP contribution in [0.2, 0.25) is 0 Å². The predicted molar refractivity (Wildman–Crippen MR) is 117 cm³/mol. The van der Waals surface area contributed by atoms with Gasteiger partial charge in [0, 0.05) is 46.3 Å². The van der Waals surface area contributed by atoms with Gasteiger partial charge in [-0.25, -0.2) is 0 Å². The zero-order valence-corrected chi connectivity index (χ0v) is 19.1. The molecule has 0 unspecified atom stereocenters. The highest BCUT2D eigenvalue weighted by Gasteiger charge is 2.15. The second-order valence-corrected chi connectivity index (χ2v) is 6.74. The van der Waals surface area contributed by atoms with Crippen molar-refractivity contribution in [1.82, 2.24) is 10.2 Å². The van der Waals surface area contributed by atoms with E-state index in [-0.39, 0.29) is 29.9 Å². The Bertz CT molecular complexity index is 388. The highest BCUT2D eigenvalue weighted by molar-refractivity contribution is 14.0. The lowest BCUT2D eigenvalue weighted by atomic mass is 9.96. The summed E-state index contributed by atoms with van der Waals surface area (Å²) < 4.78 is 10.1. The third-order valence-corrected chi connectivity index (χ3v) is 4.69. The summed E-state index contributed by atoms with van der Waals surface area (Å²) in [4.78, 5) is 18.0. The molecule has 26 heavy (non-hydrogen) atoms. The number of methoxy groups -OCH3 is 1. The fraction of sp³-hybridized carbons (Fsp3) is 0.895. The molecule has 154 valence electrons. The molecule has 0 bridgehead atoms. The third kappa shape index (κ3) is 11.9. The van der Waals surface area contributed by atoms with Crippen LogP contribution < -0.4 is 5.32 Å². The molecule has 1 fully saturated rings. The first-order chi connectivity index (χ1) is 12.2. The fourth-order valence-electron chi connectivity index (χ4n) is 3.01. The number of carbonyl (C=O) groups is 1. The van der Waals surface area contributed by atoms with Crippen LogP contribution in [-0.2, 0) is 14.3 Å². The number of hydrogen-bond donors (Lipinski definition) is 1. The second kappa shape index (κ2) is 16.6. The normalized spacial score (nSPS) is 15.3. The number of unbranched alkanes of at least 4 members (excludes halogenated alkanes) is 3. The van der Waals surface area contributed by atoms with Crippen LogP contribution in [0.15, 0.2) is 4.99 Å². The Hall–Kier alpha value is -0.570. The van der Waals surface area contributed by atoms with Gasteiger partial charge in [0.25, 0.3) is 0 Å². The standard InChI is InChI=1S/C19H37N3O3.HI/c1-4-20-19(21-13-8-6-5-7-9-18(23)24-3)22(2)14-10-17-11-15-25-16-12-17;/h17H,4-16H2,1-3H3,(H,20,21);1H. The number of ether oxygens (including phenoxy) is 2. The lowest BCUT2D eigenvalue weighted by molar-refractivity contribution is -0.140. The molecule has 1 aliphatic heterocycles. The molecule has 0 aromatic heterocycles. The van der Waals surface area contributed by atoms with Crippen molar-refractivity contribution in [3.8, 4) is 0 Å². The molecule has 0 aromatic carbocycles. The largest absolute Gasteiger partial charge is 0.469 e. The molecule has 1 aliphatic rings. The summed E-state index contributed by atoms with van der Waals surface area (Å²) in [5.74, 6) is 1.68. The Kier molecular flexibility index (Phi) is 16.2. The molecule has 0 aliphatic carbocycles. The molecule has 0 atom stereocenters. The van der Waals surface area contributed by atoms with Crippen LogP contribution in [0.25, 0.3) is 0 Å². The number of hydrogen-bond acceptors (Lipinski definition) is 4. The van der Waals surface area contributed by atoms with Gasteiger partial charge < -0.3 is 19.7 Å². The van der Waals surface area contributed by atoms with Gasteiger partial charge in [-0.05, 0) is 44.9 Å². The molecule has 0 amide bonds. The summed E-state index contributed by atoms with van der Waals surface area (Å²) in [7, 11) is 3.56. The number of nitrogens with one attached hydrogen (secondary N) is 1. The van der Waals surface area contributed by atoms with E-state index in [4.69, 9.17) is 9.73 Å². The van der Waals surface area contributed by atoms with E-state index >= 15 is 0 Å². The predicted octanol–water partition coefficient (Wildman–Crippen LogP) is 3.44. The van der Waals surface area contributed by atoms with Crippen LogP contribution in [0, 0.1) is 5.92 Å². The van der Waals surface area contributed by atoms with Crippen molar-refractivity contribution < 1.29 is 14.3 Å². The Balaban J connectivity index is 0.00000625. The molecule has 1 N–H and O–H groups in total. The molecule has 1 heterocycles. The van der Waals surface area contributed by atoms with E-state index < -0.39 is 0 Å². The summed E-state index contributed by atoms with van der Waals surface area (Å²) >= 11 is 0. The van der Waals surface area contributed by atoms with Gasteiger partial charge in [0.05, 0.1) is 7.11 Å². The van der Waals surface area contributed by atoms with Gasteiger partial charge in [0.15, 0.2) is 5.96 Å². The van der Waals surface area contributed by atoms with E-state index in [1.165, 1.54) is 26.4 Å². The molecule has 6 nitrogen and oxygen atoms in total. The van der Waals surface area contributed by atoms with Crippen LogP contribution in [0.1, 0.15) is 58.3 Å². The van der Waals surface area contributed by atoms with Gasteiger partial charge >= 0.3 is 5.97 Å². The summed E-state index contributed by atoms with van der Waals surface area (Å²) in [5.41, 5.74) is 0. The minimum atomic E-state index is -0.112. The number of nitrogens with zero attached hydrogens (tertiary/aromatic N) is 2. The molecular formula is C19H38IN3O3. The number of carbonyl (C=O) groups excluding carboxylic acids is 1. The van der Waals surface area contributed by atoms with Gasteiger partial charge in [-0.2, -0.15) is 0 Å². The first-order valence-corrected chi connectivity index (χ1v) is 9.81. The average Bonchev–Trinajstić information content (AvgIpc) is 2.65. The molecule has 0 saturated carbocycles. The van der Waals surface area contributed by atoms with Crippen molar-refractivity contribution in [3.63, 3.8) is 0 Å². The maximum Gasteiger partial charge on any atom is 0.305 e. The van der Waals surface area contributed by atoms with Crippen molar-refractivity contribution in [1.29, 1.82) is 0 Å². The van der Waals surface area contributed by atoms with E-state index in [1.807, 2.05) is 0 Å². The minimum absolute atomic E-state index is 0. The maximum absolute atomic E-state index is 11.0. The summed E-state index contributed by atoms with van der Waals surface area (Å²) in [6, 6.07) is 0. The zero-order valence-electron chi connectivity index (χ0n) is 16.8. The maximum atomic E-state index is 11.0. The van der Waals surface area contributed by atoms with E-state index in [0.717, 1.165) is 70.4 Å². The van der Waals surface area contributed by atoms with Crippen LogP contribution in [0.5, 0.6) is 0 Å². The van der Waals surface area contributed by atoms with Crippen LogP contribution >= 0.6 is 24.0 Å². The first-order valence-electron chi connectivity index (χ1n) is 9.81. The van der Waals surface area contributed by atoms with Crippen LogP contribution in [-0.4, -0.2) is 63.8 Å². The highest BCUT2D eigenvalue weighted by atomic mass is 127. The van der Waals surface area contributed by atoms with E-state index in [1.54, 1.807) is 0 Å². The topological polar surface area (TPSA) is 63.2 Å². The first kappa shape index (κ1) is 25.4. The number of halogens is 1. The molecule has 0 spiro atoms. The van der Waals surface area contributed by atoms with E-state index in [0.29, 0.717) is 6.42 Å². The summed E-state index contributed by atoms with van der Waals surface area (Å²) in [6.45, 7) is 6.70. The molecular weight excluding hydrogens is 445 g/mol. The minimum Gasteiger partial charge on any atom is -0.469 e. The molecule has 1 saturated heterocycles. The van der Waals surface area contributed by atoms with Gasteiger partial charge in [0.2, 0.25) is 0 Å². The number of esters is 1. The van der Waals surface area contributed by atoms with Gasteiger partial charge in [0.1, 0.15) is 0 Å². The van der Waals surface area contributed by atoms with Crippen LogP contribution in [0.4, 0.5) is 0 Å². The highest BCUT2D eigenvalue weighted by Crippen LogP contribution is 2.18. The summed E-state index contributed by atoms with van der Waals surface area (Å²) in [5, 5.41) is 3.38. The van der Waals surface area contributed by atoms with Crippen molar-refractivity contribution in [2.75, 3.05) is 47.0 Å². The molecule has 0 aromatic rings. The number of aliphatic imine (C=N–C) groups is 1. The SMILES string of the molecule is CCNC(=NCCCCCCC(=O)OC)N(C)CCC1CCOCC1.I. The monoisotopic (exact) mass is 483 g/mol. The van der Waals surface area contributed by atoms with Gasteiger partial charge in [-0.1, -0.05) is 12.8 Å². The smallest absolute Gasteiger partial charge is 0.305 e. The molecule has 7 heteroatoms. The van der Waals surface area contributed by atoms with E-state index in [9.17, 15) is 4.79 Å². The number of rotatable bonds is 11. The Labute approximate surface area is 176 Å². The number of guanidine groups is 1. The average molecular weight is 483 g/mol. The Morgan fingerprint density at radius 2 is 1.92 bits per heavy atom. The second-order valence-electron chi connectivity index (χ2n) is 6.74. The lowest BCUT2D eigenvalue weighted by Gasteiger charge is -2.26. The molecule has 1 rings (SSSR count). The van der Waals surface area contributed by atoms with Crippen molar-refractivity contribution in [3.05, 3.63) is 0 Å². The summed E-state index contributed by atoms with van der Waals surface area (Å²) in [6.07, 6.45) is 8.23. The quantitative estimate of drug-likeness (QED) is 0.160. The van der Waals surface area contributed by atoms with E-state index in [2.05, 4.69) is 28.9 Å². The fourth-order valence-corrected chi connectivity index (χ4v) is 3.01. The third-order valence-electron chi connectivity index (χ3n) is 4.69. The Morgan fingerprint density at radius 1 is 1.23 bits per heavy atom. The lowest BCUT2D eigenvalue weighted by Crippen LogP contribution is -2.40. The zero-order chi connectivity index (χ0) is 18.3. The van der Waals surface area contributed by atoms with Crippen LogP contribution in [0.3, 0.4) is 0 Å². The Morgan fingerprint density at radius 3 is 2.58 bits per heavy atom. The van der Waals surface area contributed by atoms with Gasteiger partial charge in [-0.15, -0.1) is 24.0 Å². The van der Waals surface area contributed by atoms with Crippen molar-refractivity contribution in [2.45, 2.75) is 58.3 Å². The van der Waals surface area contributed by atoms with Gasteiger partial charge in [-0.3, -0.25) is 9.79 Å². The van der Waals surface area contributed by atoms with Crippen molar-refractivity contribution >= 4 is 35.9 Å². The van der Waals surface area contributed by atoms with Crippen molar-refractivity contribution in [2.24, 2.45) is 10.9 Å². The molecule has 0 radical (unpaired) electrons.